The lowest BCUT2D eigenvalue weighted by Gasteiger charge is -2.13. The van der Waals surface area contributed by atoms with Crippen LogP contribution >= 0.6 is 0 Å². The molecule has 0 aliphatic heterocycles. The van der Waals surface area contributed by atoms with Crippen LogP contribution in [-0.4, -0.2) is 0 Å². The lowest BCUT2D eigenvalue weighted by molar-refractivity contribution is 0.397. The zero-order chi connectivity index (χ0) is 15.1. The minimum absolute atomic E-state index is 0.877. The second-order valence-electron chi connectivity index (χ2n) is 7.41. The Morgan fingerprint density at radius 3 is 1.35 bits per heavy atom. The first-order valence-electron chi connectivity index (χ1n) is 9.66. The van der Waals surface area contributed by atoms with E-state index in [1.807, 2.05) is 0 Å². The van der Waals surface area contributed by atoms with E-state index in [4.69, 9.17) is 0 Å². The zero-order valence-electron chi connectivity index (χ0n) is 15.1. The van der Waals surface area contributed by atoms with Gasteiger partial charge in [-0.05, 0) is 18.3 Å². The molecule has 0 bridgehead atoms. The van der Waals surface area contributed by atoms with Gasteiger partial charge in [0, 0.05) is 0 Å². The predicted octanol–water partition coefficient (Wildman–Crippen LogP) is 7.76. The third kappa shape index (κ3) is 16.1. The monoisotopic (exact) mass is 282 g/mol. The van der Waals surface area contributed by atoms with Crippen molar-refractivity contribution in [2.45, 2.75) is 118 Å². The third-order valence-corrected chi connectivity index (χ3v) is 4.42. The molecular formula is C20H42. The van der Waals surface area contributed by atoms with Crippen molar-refractivity contribution in [2.75, 3.05) is 0 Å². The molecule has 0 aromatic carbocycles. The van der Waals surface area contributed by atoms with E-state index in [1.165, 1.54) is 89.9 Å². The fraction of sp³-hybridized carbons (Fsp3) is 1.00. The standard InChI is InChI=1S/C20H42/c1-5-6-7-8-9-10-11-12-13-14-15-16-17-20(4)18-19(2)3/h19-20H,5-18H2,1-4H3. The second kappa shape index (κ2) is 15.4. The average molecular weight is 283 g/mol. The molecule has 0 radical (unpaired) electrons. The van der Waals surface area contributed by atoms with Gasteiger partial charge in [-0.25, -0.2) is 0 Å². The Morgan fingerprint density at radius 1 is 0.550 bits per heavy atom. The summed E-state index contributed by atoms with van der Waals surface area (Å²) in [6.45, 7) is 9.42. The average Bonchev–Trinajstić information content (AvgIpc) is 2.39. The Hall–Kier alpha value is 0. The van der Waals surface area contributed by atoms with Crippen molar-refractivity contribution in [3.8, 4) is 0 Å². The van der Waals surface area contributed by atoms with Crippen LogP contribution in [0.4, 0.5) is 0 Å². The normalized spacial score (nSPS) is 13.1. The zero-order valence-corrected chi connectivity index (χ0v) is 15.1. The molecular weight excluding hydrogens is 240 g/mol. The fourth-order valence-electron chi connectivity index (χ4n) is 3.26. The molecule has 0 rings (SSSR count). The molecule has 0 amide bonds. The van der Waals surface area contributed by atoms with E-state index in [0.717, 1.165) is 11.8 Å². The van der Waals surface area contributed by atoms with Crippen LogP contribution in [0.3, 0.4) is 0 Å². The van der Waals surface area contributed by atoms with Crippen LogP contribution < -0.4 is 0 Å². The Morgan fingerprint density at radius 2 is 0.950 bits per heavy atom. The molecule has 1 atom stereocenters. The summed E-state index contributed by atoms with van der Waals surface area (Å²) in [6, 6.07) is 0. The molecule has 0 aromatic heterocycles. The van der Waals surface area contributed by atoms with Crippen LogP contribution in [0.1, 0.15) is 118 Å². The van der Waals surface area contributed by atoms with E-state index in [0.29, 0.717) is 0 Å². The first-order chi connectivity index (χ1) is 9.66. The molecule has 0 fully saturated rings. The molecule has 0 saturated heterocycles. The van der Waals surface area contributed by atoms with Gasteiger partial charge in [-0.15, -0.1) is 0 Å². The van der Waals surface area contributed by atoms with Crippen LogP contribution in [-0.2, 0) is 0 Å². The van der Waals surface area contributed by atoms with Crippen LogP contribution in [0.25, 0.3) is 0 Å². The largest absolute Gasteiger partial charge is 0.0654 e. The number of hydrogen-bond acceptors (Lipinski definition) is 0. The topological polar surface area (TPSA) is 0 Å². The lowest BCUT2D eigenvalue weighted by Crippen LogP contribution is -1.99. The van der Waals surface area contributed by atoms with Gasteiger partial charge in [0.2, 0.25) is 0 Å². The highest BCUT2D eigenvalue weighted by atomic mass is 14.1. The maximum Gasteiger partial charge on any atom is -0.0440 e. The van der Waals surface area contributed by atoms with Crippen molar-refractivity contribution in [1.82, 2.24) is 0 Å². The lowest BCUT2D eigenvalue weighted by atomic mass is 9.93. The van der Waals surface area contributed by atoms with Gasteiger partial charge in [0.15, 0.2) is 0 Å². The highest BCUT2D eigenvalue weighted by molar-refractivity contribution is 4.57. The van der Waals surface area contributed by atoms with Crippen LogP contribution in [0.15, 0.2) is 0 Å². The Kier molecular flexibility index (Phi) is 15.4. The number of rotatable bonds is 15. The van der Waals surface area contributed by atoms with Gasteiger partial charge in [-0.3, -0.25) is 0 Å². The summed E-state index contributed by atoms with van der Waals surface area (Å²) >= 11 is 0. The molecule has 0 aliphatic carbocycles. The maximum atomic E-state index is 2.43. The van der Waals surface area contributed by atoms with Gasteiger partial charge < -0.3 is 0 Å². The molecule has 0 nitrogen and oxygen atoms in total. The van der Waals surface area contributed by atoms with Crippen molar-refractivity contribution < 1.29 is 0 Å². The summed E-state index contributed by atoms with van der Waals surface area (Å²) < 4.78 is 0. The van der Waals surface area contributed by atoms with Crippen LogP contribution in [0, 0.1) is 11.8 Å². The van der Waals surface area contributed by atoms with Gasteiger partial charge in [0.25, 0.3) is 0 Å². The quantitative estimate of drug-likeness (QED) is 0.269. The smallest absolute Gasteiger partial charge is 0.0440 e. The van der Waals surface area contributed by atoms with Crippen molar-refractivity contribution in [2.24, 2.45) is 11.8 Å². The Balaban J connectivity index is 3.06. The maximum absolute atomic E-state index is 2.43. The SMILES string of the molecule is CCCCCCCCCCCCCCC(C)CC(C)C. The van der Waals surface area contributed by atoms with Gasteiger partial charge in [0.1, 0.15) is 0 Å². The Labute approximate surface area is 130 Å². The molecule has 0 aromatic rings. The molecule has 0 heterocycles. The first kappa shape index (κ1) is 20.0. The molecule has 0 spiro atoms. The molecule has 20 heavy (non-hydrogen) atoms. The highest BCUT2D eigenvalue weighted by Gasteiger charge is 2.04. The van der Waals surface area contributed by atoms with Crippen LogP contribution in [0.5, 0.6) is 0 Å². The summed E-state index contributed by atoms with van der Waals surface area (Å²) in [7, 11) is 0. The molecule has 0 aliphatic rings. The minimum atomic E-state index is 0.877. The molecule has 1 unspecified atom stereocenters. The summed E-state index contributed by atoms with van der Waals surface area (Å²) in [5, 5.41) is 0. The summed E-state index contributed by atoms with van der Waals surface area (Å²) in [5.41, 5.74) is 0. The molecule has 122 valence electrons. The summed E-state index contributed by atoms with van der Waals surface area (Å²) in [6.07, 6.45) is 20.4. The van der Waals surface area contributed by atoms with Crippen molar-refractivity contribution in [3.05, 3.63) is 0 Å². The van der Waals surface area contributed by atoms with E-state index < -0.39 is 0 Å². The molecule has 0 N–H and O–H groups in total. The second-order valence-corrected chi connectivity index (χ2v) is 7.41. The van der Waals surface area contributed by atoms with Crippen molar-refractivity contribution in [3.63, 3.8) is 0 Å². The fourth-order valence-corrected chi connectivity index (χ4v) is 3.26. The van der Waals surface area contributed by atoms with E-state index in [-0.39, 0.29) is 0 Å². The summed E-state index contributed by atoms with van der Waals surface area (Å²) in [4.78, 5) is 0. The predicted molar refractivity (Wildman–Crippen MR) is 94.3 cm³/mol. The Bertz CT molecular complexity index is 171. The van der Waals surface area contributed by atoms with E-state index in [1.54, 1.807) is 0 Å². The summed E-state index contributed by atoms with van der Waals surface area (Å²) in [5.74, 6) is 1.82. The number of hydrogen-bond donors (Lipinski definition) is 0. The van der Waals surface area contributed by atoms with Gasteiger partial charge in [-0.2, -0.15) is 0 Å². The van der Waals surface area contributed by atoms with Crippen molar-refractivity contribution in [1.29, 1.82) is 0 Å². The molecule has 0 saturated carbocycles. The van der Waals surface area contributed by atoms with E-state index >= 15 is 0 Å². The third-order valence-electron chi connectivity index (χ3n) is 4.42. The first-order valence-corrected chi connectivity index (χ1v) is 9.66. The number of unbranched alkanes of at least 4 members (excludes halogenated alkanes) is 11. The van der Waals surface area contributed by atoms with Gasteiger partial charge >= 0.3 is 0 Å². The minimum Gasteiger partial charge on any atom is -0.0654 e. The van der Waals surface area contributed by atoms with E-state index in [9.17, 15) is 0 Å². The highest BCUT2D eigenvalue weighted by Crippen LogP contribution is 2.19. The molecule has 0 heteroatoms. The van der Waals surface area contributed by atoms with E-state index in [2.05, 4.69) is 27.7 Å². The van der Waals surface area contributed by atoms with Gasteiger partial charge in [0.05, 0.1) is 0 Å². The van der Waals surface area contributed by atoms with Crippen molar-refractivity contribution >= 4 is 0 Å². The van der Waals surface area contributed by atoms with Crippen LogP contribution in [0.2, 0.25) is 0 Å². The van der Waals surface area contributed by atoms with Gasteiger partial charge in [-0.1, -0.05) is 111 Å².